The van der Waals surface area contributed by atoms with E-state index in [4.69, 9.17) is 10.7 Å². The highest BCUT2D eigenvalue weighted by Crippen LogP contribution is 2.30. The number of pyridine rings is 4. The fourth-order valence-electron chi connectivity index (χ4n) is 2.95. The number of anilines is 1. The molecule has 0 saturated heterocycles. The van der Waals surface area contributed by atoms with Gasteiger partial charge >= 0.3 is 0 Å². The highest BCUT2D eigenvalue weighted by Gasteiger charge is 2.22. The second-order valence-corrected chi connectivity index (χ2v) is 8.67. The number of sulfonamides is 1. The van der Waals surface area contributed by atoms with E-state index in [1.165, 1.54) is 26.4 Å². The maximum absolute atomic E-state index is 12.6. The minimum Gasteiger partial charge on any atom is -0.383 e. The molecule has 4 rings (SSSR count). The van der Waals surface area contributed by atoms with Crippen molar-refractivity contribution in [1.82, 2.24) is 24.2 Å². The van der Waals surface area contributed by atoms with Crippen molar-refractivity contribution in [2.45, 2.75) is 4.90 Å². The van der Waals surface area contributed by atoms with Crippen LogP contribution in [0.3, 0.4) is 0 Å². The summed E-state index contributed by atoms with van der Waals surface area (Å²) in [6.45, 7) is 0. The molecule has 9 heteroatoms. The highest BCUT2D eigenvalue weighted by molar-refractivity contribution is 7.89. The van der Waals surface area contributed by atoms with E-state index in [0.29, 0.717) is 16.8 Å². The number of hydrogen-bond donors (Lipinski definition) is 1. The number of rotatable bonds is 4. The van der Waals surface area contributed by atoms with E-state index in [2.05, 4.69) is 15.0 Å². The Hall–Kier alpha value is -3.43. The van der Waals surface area contributed by atoms with Crippen LogP contribution in [-0.2, 0) is 10.0 Å². The van der Waals surface area contributed by atoms with E-state index in [0.717, 1.165) is 20.9 Å². The quantitative estimate of drug-likeness (QED) is 0.554. The molecule has 0 radical (unpaired) electrons. The van der Waals surface area contributed by atoms with Crippen LogP contribution in [0.25, 0.3) is 33.4 Å². The minimum absolute atomic E-state index is 0.0533. The molecule has 2 N–H and O–H groups in total. The number of nitrogen functional groups attached to an aromatic ring is 1. The fraction of sp³-hybridized carbons (Fsp3) is 0.100. The maximum Gasteiger partial charge on any atom is 0.246 e. The van der Waals surface area contributed by atoms with Crippen molar-refractivity contribution in [2.75, 3.05) is 19.8 Å². The van der Waals surface area contributed by atoms with Crippen molar-refractivity contribution in [2.24, 2.45) is 0 Å². The third-order valence-electron chi connectivity index (χ3n) is 4.51. The van der Waals surface area contributed by atoms with E-state index < -0.39 is 10.0 Å². The molecule has 0 aliphatic rings. The van der Waals surface area contributed by atoms with Gasteiger partial charge in [0.15, 0.2) is 0 Å². The molecule has 0 aliphatic carbocycles. The maximum atomic E-state index is 12.6. The summed E-state index contributed by atoms with van der Waals surface area (Å²) in [5.74, 6) is -0.0534. The van der Waals surface area contributed by atoms with Crippen LogP contribution in [0.1, 0.15) is 0 Å². The molecule has 0 bridgehead atoms. The summed E-state index contributed by atoms with van der Waals surface area (Å²) in [7, 11) is -0.839. The second-order valence-electron chi connectivity index (χ2n) is 6.55. The molecule has 0 amide bonds. The number of hydrogen-bond acceptors (Lipinski definition) is 7. The molecule has 4 heterocycles. The summed E-state index contributed by atoms with van der Waals surface area (Å²) in [5, 5.41) is 0. The highest BCUT2D eigenvalue weighted by atomic mass is 32.2. The summed E-state index contributed by atoms with van der Waals surface area (Å²) >= 11 is 0. The average molecular weight is 406 g/mol. The number of nitrogens with two attached hydrogens (primary N) is 1. The van der Waals surface area contributed by atoms with Crippen LogP contribution >= 0.6 is 0 Å². The van der Waals surface area contributed by atoms with Gasteiger partial charge < -0.3 is 5.73 Å². The summed E-state index contributed by atoms with van der Waals surface area (Å²) in [6.07, 6.45) is 6.67. The first-order chi connectivity index (χ1) is 13.9. The average Bonchev–Trinajstić information content (AvgIpc) is 2.73. The molecule has 0 aliphatic heterocycles. The van der Waals surface area contributed by atoms with Gasteiger partial charge in [0.05, 0.1) is 16.7 Å². The zero-order valence-corrected chi connectivity index (χ0v) is 16.6. The Morgan fingerprint density at radius 2 is 1.69 bits per heavy atom. The number of nitrogens with zero attached hydrogens (tertiary/aromatic N) is 5. The summed E-state index contributed by atoms with van der Waals surface area (Å²) in [5.41, 5.74) is 10.2. The van der Waals surface area contributed by atoms with Crippen molar-refractivity contribution in [3.8, 4) is 22.4 Å². The Kier molecular flexibility index (Phi) is 4.69. The molecule has 0 atom stereocenters. The van der Waals surface area contributed by atoms with Gasteiger partial charge in [-0.05, 0) is 42.0 Å². The topological polar surface area (TPSA) is 115 Å². The predicted octanol–water partition coefficient (Wildman–Crippen LogP) is 2.59. The van der Waals surface area contributed by atoms with E-state index in [1.807, 2.05) is 24.3 Å². The van der Waals surface area contributed by atoms with E-state index in [9.17, 15) is 8.42 Å². The Morgan fingerprint density at radius 1 is 0.931 bits per heavy atom. The smallest absolute Gasteiger partial charge is 0.246 e. The summed E-state index contributed by atoms with van der Waals surface area (Å²) in [4.78, 5) is 17.2. The van der Waals surface area contributed by atoms with Gasteiger partial charge in [0.1, 0.15) is 10.7 Å². The van der Waals surface area contributed by atoms with E-state index >= 15 is 0 Å². The lowest BCUT2D eigenvalue weighted by molar-refractivity contribution is 0.521. The predicted molar refractivity (Wildman–Crippen MR) is 111 cm³/mol. The molecule has 4 aromatic heterocycles. The van der Waals surface area contributed by atoms with E-state index in [1.54, 1.807) is 24.7 Å². The van der Waals surface area contributed by atoms with Crippen molar-refractivity contribution in [3.63, 3.8) is 0 Å². The molecule has 0 unspecified atom stereocenters. The normalized spacial score (nSPS) is 11.8. The van der Waals surface area contributed by atoms with Crippen LogP contribution in [0.4, 0.5) is 5.82 Å². The third kappa shape index (κ3) is 3.41. The Morgan fingerprint density at radius 3 is 2.41 bits per heavy atom. The van der Waals surface area contributed by atoms with Crippen LogP contribution in [0, 0.1) is 0 Å². The van der Waals surface area contributed by atoms with Crippen LogP contribution < -0.4 is 5.73 Å². The second kappa shape index (κ2) is 7.19. The zero-order chi connectivity index (χ0) is 20.6. The first-order valence-corrected chi connectivity index (χ1v) is 10.2. The van der Waals surface area contributed by atoms with Gasteiger partial charge in [0.2, 0.25) is 10.0 Å². The third-order valence-corrected chi connectivity index (χ3v) is 6.36. The van der Waals surface area contributed by atoms with Gasteiger partial charge in [0.25, 0.3) is 0 Å². The monoisotopic (exact) mass is 406 g/mol. The molecule has 29 heavy (non-hydrogen) atoms. The summed E-state index contributed by atoms with van der Waals surface area (Å²) in [6, 6.07) is 10.8. The number of fused-ring (bicyclic) bond motifs is 1. The van der Waals surface area contributed by atoms with E-state index in [-0.39, 0.29) is 10.7 Å². The Bertz CT molecular complexity index is 1310. The lowest BCUT2D eigenvalue weighted by atomic mass is 10.1. The van der Waals surface area contributed by atoms with Crippen molar-refractivity contribution in [3.05, 3.63) is 61.2 Å². The molecular weight excluding hydrogens is 388 g/mol. The lowest BCUT2D eigenvalue weighted by Crippen LogP contribution is -2.23. The molecule has 0 aromatic carbocycles. The van der Waals surface area contributed by atoms with Crippen molar-refractivity contribution >= 4 is 26.9 Å². The van der Waals surface area contributed by atoms with Gasteiger partial charge in [-0.2, -0.15) is 0 Å². The van der Waals surface area contributed by atoms with Crippen LogP contribution in [0.15, 0.2) is 66.1 Å². The summed E-state index contributed by atoms with van der Waals surface area (Å²) < 4.78 is 26.2. The fourth-order valence-corrected chi connectivity index (χ4v) is 3.94. The largest absolute Gasteiger partial charge is 0.383 e. The zero-order valence-electron chi connectivity index (χ0n) is 15.8. The molecule has 0 spiro atoms. The molecule has 4 aromatic rings. The Labute approximate surface area is 168 Å². The van der Waals surface area contributed by atoms with Gasteiger partial charge in [-0.25, -0.2) is 22.7 Å². The molecule has 0 fully saturated rings. The first kappa shape index (κ1) is 18.9. The van der Waals surface area contributed by atoms with Gasteiger partial charge in [0, 0.05) is 50.0 Å². The number of aromatic nitrogens is 4. The first-order valence-electron chi connectivity index (χ1n) is 8.72. The molecule has 0 saturated carbocycles. The minimum atomic E-state index is -3.73. The van der Waals surface area contributed by atoms with Gasteiger partial charge in [-0.1, -0.05) is 0 Å². The van der Waals surface area contributed by atoms with Gasteiger partial charge in [-0.3, -0.25) is 9.97 Å². The molecular formula is C20H18N6O2S. The van der Waals surface area contributed by atoms with Crippen molar-refractivity contribution < 1.29 is 8.42 Å². The Balaban J connectivity index is 1.90. The van der Waals surface area contributed by atoms with Crippen LogP contribution in [-0.4, -0.2) is 46.8 Å². The van der Waals surface area contributed by atoms with Gasteiger partial charge in [-0.15, -0.1) is 0 Å². The lowest BCUT2D eigenvalue weighted by Gasteiger charge is -2.14. The SMILES string of the molecule is CN(C)S(=O)(=O)c1cc(-c2ccc3nccc(-c4ccncc4)c3n2)cnc1N. The van der Waals surface area contributed by atoms with Crippen LogP contribution in [0.5, 0.6) is 0 Å². The molecule has 8 nitrogen and oxygen atoms in total. The molecule has 146 valence electrons. The standard InChI is InChI=1S/C20H18N6O2S/c1-26(2)29(27,28)18-11-14(12-24-20(18)21)16-3-4-17-19(25-16)15(7-10-23-17)13-5-8-22-9-6-13/h3-12H,1-2H3,(H2,21,24). The van der Waals surface area contributed by atoms with Crippen LogP contribution in [0.2, 0.25) is 0 Å². The van der Waals surface area contributed by atoms with Crippen molar-refractivity contribution in [1.29, 1.82) is 0 Å².